The summed E-state index contributed by atoms with van der Waals surface area (Å²) in [5.74, 6) is 0.992. The molecule has 0 aromatic carbocycles. The number of hydrogen-bond donors (Lipinski definition) is 1. The molecule has 1 aromatic rings. The van der Waals surface area contributed by atoms with E-state index in [0.29, 0.717) is 17.5 Å². The molecule has 3 atom stereocenters. The van der Waals surface area contributed by atoms with Crippen molar-refractivity contribution in [1.82, 2.24) is 4.98 Å². The van der Waals surface area contributed by atoms with E-state index in [1.54, 1.807) is 12.1 Å². The summed E-state index contributed by atoms with van der Waals surface area (Å²) in [5.41, 5.74) is 6.82. The quantitative estimate of drug-likeness (QED) is 0.645. The van der Waals surface area contributed by atoms with Gasteiger partial charge in [0.1, 0.15) is 11.9 Å². The molecule has 1 aliphatic heterocycles. The molecule has 2 heterocycles. The second-order valence-corrected chi connectivity index (χ2v) is 5.53. The number of pyridine rings is 1. The molecule has 2 fully saturated rings. The molecule has 1 aromatic heterocycles. The van der Waals surface area contributed by atoms with Crippen molar-refractivity contribution >= 4 is 11.5 Å². The fourth-order valence-corrected chi connectivity index (χ4v) is 3.49. The molecule has 102 valence electrons. The van der Waals surface area contributed by atoms with E-state index < -0.39 is 4.92 Å². The third kappa shape index (κ3) is 2.16. The van der Waals surface area contributed by atoms with Crippen LogP contribution in [0.15, 0.2) is 18.3 Å². The van der Waals surface area contributed by atoms with Crippen molar-refractivity contribution in [2.75, 3.05) is 18.0 Å². The Labute approximate surface area is 111 Å². The van der Waals surface area contributed by atoms with Crippen LogP contribution in [-0.2, 0) is 0 Å². The lowest BCUT2D eigenvalue weighted by Crippen LogP contribution is -2.38. The Morgan fingerprint density at radius 2 is 2.26 bits per heavy atom. The minimum Gasteiger partial charge on any atom is -0.364 e. The van der Waals surface area contributed by atoms with Crippen molar-refractivity contribution in [2.24, 2.45) is 17.6 Å². The molecule has 2 N–H and O–H groups in total. The Hall–Kier alpha value is -1.69. The topological polar surface area (TPSA) is 85.3 Å². The molecule has 3 unspecified atom stereocenters. The van der Waals surface area contributed by atoms with Gasteiger partial charge in [0.25, 0.3) is 0 Å². The molecule has 3 rings (SSSR count). The van der Waals surface area contributed by atoms with Gasteiger partial charge in [-0.05, 0) is 46.7 Å². The molecule has 1 saturated carbocycles. The first-order chi connectivity index (χ1) is 9.16. The minimum atomic E-state index is -0.406. The normalized spacial score (nSPS) is 30.2. The van der Waals surface area contributed by atoms with Gasteiger partial charge in [-0.2, -0.15) is 0 Å². The van der Waals surface area contributed by atoms with E-state index in [4.69, 9.17) is 5.73 Å². The molecule has 0 bridgehead atoms. The van der Waals surface area contributed by atoms with E-state index in [2.05, 4.69) is 9.88 Å². The zero-order valence-corrected chi connectivity index (χ0v) is 10.7. The molecule has 1 saturated heterocycles. The van der Waals surface area contributed by atoms with Crippen LogP contribution in [0.25, 0.3) is 0 Å². The van der Waals surface area contributed by atoms with Crippen LogP contribution in [0, 0.1) is 22.0 Å². The summed E-state index contributed by atoms with van der Waals surface area (Å²) in [5, 5.41) is 11.0. The van der Waals surface area contributed by atoms with Gasteiger partial charge in [-0.15, -0.1) is 0 Å². The summed E-state index contributed by atoms with van der Waals surface area (Å²) < 4.78 is 0. The second-order valence-electron chi connectivity index (χ2n) is 5.53. The monoisotopic (exact) mass is 262 g/mol. The fourth-order valence-electron chi connectivity index (χ4n) is 3.49. The minimum absolute atomic E-state index is 0.0466. The number of nitro groups is 1. The largest absolute Gasteiger partial charge is 0.387 e. The summed E-state index contributed by atoms with van der Waals surface area (Å²) >= 11 is 0. The number of rotatable bonds is 2. The van der Waals surface area contributed by atoms with Crippen LogP contribution in [0.5, 0.6) is 0 Å². The molecule has 0 spiro atoms. The van der Waals surface area contributed by atoms with Gasteiger partial charge in [0.05, 0.1) is 0 Å². The number of nitrogens with two attached hydrogens (primary N) is 1. The van der Waals surface area contributed by atoms with E-state index in [1.165, 1.54) is 19.0 Å². The molecule has 1 aliphatic carbocycles. The maximum absolute atomic E-state index is 11.0. The van der Waals surface area contributed by atoms with Crippen LogP contribution < -0.4 is 10.6 Å². The van der Waals surface area contributed by atoms with Crippen LogP contribution in [0.3, 0.4) is 0 Å². The lowest BCUT2D eigenvalue weighted by Gasteiger charge is -2.29. The Bertz CT molecular complexity index is 493. The first-order valence-electron chi connectivity index (χ1n) is 6.76. The van der Waals surface area contributed by atoms with E-state index in [-0.39, 0.29) is 11.9 Å². The lowest BCUT2D eigenvalue weighted by molar-refractivity contribution is -0.388. The van der Waals surface area contributed by atoms with Gasteiger partial charge in [0, 0.05) is 19.1 Å². The van der Waals surface area contributed by atoms with Crippen molar-refractivity contribution in [3.8, 4) is 0 Å². The van der Waals surface area contributed by atoms with Gasteiger partial charge in [-0.3, -0.25) is 0 Å². The summed E-state index contributed by atoms with van der Waals surface area (Å²) in [4.78, 5) is 16.6. The number of nitrogens with zero attached hydrogens (tertiary/aromatic N) is 3. The van der Waals surface area contributed by atoms with Crippen LogP contribution >= 0.6 is 0 Å². The molecule has 0 amide bonds. The van der Waals surface area contributed by atoms with Gasteiger partial charge in [-0.1, -0.05) is 6.42 Å². The molecule has 6 heteroatoms. The maximum atomic E-state index is 11.0. The van der Waals surface area contributed by atoms with Crippen molar-refractivity contribution in [2.45, 2.75) is 25.3 Å². The first kappa shape index (κ1) is 12.3. The lowest BCUT2D eigenvalue weighted by atomic mass is 9.78. The SMILES string of the molecule is NC1CCCC2CN(c3cccnc3[N+](=O)[O-])CC12. The molecule has 6 nitrogen and oxygen atoms in total. The summed E-state index contributed by atoms with van der Waals surface area (Å²) in [6, 6.07) is 3.78. The Morgan fingerprint density at radius 3 is 3.00 bits per heavy atom. The average Bonchev–Trinajstić information content (AvgIpc) is 2.84. The molecular formula is C13H18N4O2. The van der Waals surface area contributed by atoms with Crippen LogP contribution in [0.1, 0.15) is 19.3 Å². The highest BCUT2D eigenvalue weighted by Gasteiger charge is 2.40. The predicted molar refractivity (Wildman–Crippen MR) is 71.9 cm³/mol. The van der Waals surface area contributed by atoms with Crippen LogP contribution in [0.2, 0.25) is 0 Å². The fraction of sp³-hybridized carbons (Fsp3) is 0.615. The zero-order chi connectivity index (χ0) is 13.4. The Balaban J connectivity index is 1.86. The number of fused-ring (bicyclic) bond motifs is 1. The maximum Gasteiger partial charge on any atom is 0.387 e. The molecular weight excluding hydrogens is 244 g/mol. The standard InChI is InChI=1S/C13H18N4O2/c14-11-4-1-3-9-7-16(8-10(9)11)12-5-2-6-15-13(12)17(18)19/h2,5-6,9-11H,1,3-4,7-8,14H2. The van der Waals surface area contributed by atoms with Crippen LogP contribution in [-0.4, -0.2) is 29.0 Å². The highest BCUT2D eigenvalue weighted by Crippen LogP contribution is 2.39. The predicted octanol–water partition coefficient (Wildman–Crippen LogP) is 1.55. The van der Waals surface area contributed by atoms with Crippen molar-refractivity contribution < 1.29 is 4.92 Å². The third-order valence-corrected chi connectivity index (χ3v) is 4.43. The molecule has 2 aliphatic rings. The van der Waals surface area contributed by atoms with Crippen molar-refractivity contribution in [1.29, 1.82) is 0 Å². The number of hydrogen-bond acceptors (Lipinski definition) is 5. The average molecular weight is 262 g/mol. The van der Waals surface area contributed by atoms with Gasteiger partial charge in [0.15, 0.2) is 0 Å². The third-order valence-electron chi connectivity index (χ3n) is 4.43. The summed E-state index contributed by atoms with van der Waals surface area (Å²) in [7, 11) is 0. The van der Waals surface area contributed by atoms with Gasteiger partial charge in [-0.25, -0.2) is 0 Å². The Kier molecular flexibility index (Phi) is 3.10. The number of aromatic nitrogens is 1. The van der Waals surface area contributed by atoms with Gasteiger partial charge in [0.2, 0.25) is 0 Å². The Morgan fingerprint density at radius 1 is 1.42 bits per heavy atom. The van der Waals surface area contributed by atoms with E-state index in [1.807, 2.05) is 0 Å². The van der Waals surface area contributed by atoms with Gasteiger partial charge < -0.3 is 20.7 Å². The summed E-state index contributed by atoms with van der Waals surface area (Å²) in [6.07, 6.45) is 4.90. The van der Waals surface area contributed by atoms with E-state index in [9.17, 15) is 10.1 Å². The van der Waals surface area contributed by atoms with Crippen LogP contribution in [0.4, 0.5) is 11.5 Å². The first-order valence-corrected chi connectivity index (χ1v) is 6.76. The zero-order valence-electron chi connectivity index (χ0n) is 10.7. The highest BCUT2D eigenvalue weighted by molar-refractivity contribution is 5.59. The summed E-state index contributed by atoms with van der Waals surface area (Å²) in [6.45, 7) is 1.68. The van der Waals surface area contributed by atoms with Crippen molar-refractivity contribution in [3.63, 3.8) is 0 Å². The van der Waals surface area contributed by atoms with Crippen molar-refractivity contribution in [3.05, 3.63) is 28.4 Å². The highest BCUT2D eigenvalue weighted by atomic mass is 16.6. The second kappa shape index (κ2) is 4.77. The number of anilines is 1. The molecule has 19 heavy (non-hydrogen) atoms. The molecule has 0 radical (unpaired) electrons. The smallest absolute Gasteiger partial charge is 0.364 e. The van der Waals surface area contributed by atoms with Gasteiger partial charge >= 0.3 is 5.82 Å². The van der Waals surface area contributed by atoms with E-state index in [0.717, 1.165) is 19.5 Å². The van der Waals surface area contributed by atoms with E-state index >= 15 is 0 Å².